The summed E-state index contributed by atoms with van der Waals surface area (Å²) in [6.07, 6.45) is 2.65. The van der Waals surface area contributed by atoms with Crippen LogP contribution in [0.5, 0.6) is 11.5 Å². The Morgan fingerprint density at radius 1 is 1.07 bits per heavy atom. The number of anilines is 3. The number of hydrogen-bond acceptors (Lipinski definition) is 8. The van der Waals surface area contributed by atoms with Gasteiger partial charge in [0, 0.05) is 36.8 Å². The van der Waals surface area contributed by atoms with E-state index in [0.717, 1.165) is 25.2 Å². The number of ether oxygens (including phenoxy) is 3. The van der Waals surface area contributed by atoms with Crippen molar-refractivity contribution in [3.05, 3.63) is 90.0 Å². The second-order valence-electron chi connectivity index (χ2n) is 9.27. The quantitative estimate of drug-likeness (QED) is 0.223. The van der Waals surface area contributed by atoms with Crippen LogP contribution in [0.1, 0.15) is 5.56 Å². The lowest BCUT2D eigenvalue weighted by molar-refractivity contribution is -0.111. The molecule has 4 aromatic rings. The summed E-state index contributed by atoms with van der Waals surface area (Å²) in [5, 5.41) is 7.15. The Bertz CT molecular complexity index is 1530. The number of halogens is 2. The standard InChI is InChI=1S/C30H29ClFN5O4/c1-2-29(38)36-26-16-23-25(17-28(26)40-14-11-37-9-12-39-13-10-37)33-19-34-30(23)35-22-7-8-27(24(31)15-22)41-18-20-3-5-21(32)6-4-20/h2-8,15-17,19H,1,9-14,18H2,(H,36,38)(H,33,34,35). The highest BCUT2D eigenvalue weighted by atomic mass is 35.5. The highest BCUT2D eigenvalue weighted by molar-refractivity contribution is 6.32. The van der Waals surface area contributed by atoms with E-state index in [1.807, 2.05) is 6.07 Å². The Kier molecular flexibility index (Phi) is 9.25. The lowest BCUT2D eigenvalue weighted by atomic mass is 10.1. The summed E-state index contributed by atoms with van der Waals surface area (Å²) >= 11 is 6.49. The summed E-state index contributed by atoms with van der Waals surface area (Å²) in [6.45, 7) is 8.10. The molecule has 2 N–H and O–H groups in total. The van der Waals surface area contributed by atoms with E-state index < -0.39 is 0 Å². The van der Waals surface area contributed by atoms with E-state index in [4.69, 9.17) is 25.8 Å². The summed E-state index contributed by atoms with van der Waals surface area (Å²) in [4.78, 5) is 23.3. The van der Waals surface area contributed by atoms with Gasteiger partial charge >= 0.3 is 0 Å². The monoisotopic (exact) mass is 577 g/mol. The molecular weight excluding hydrogens is 549 g/mol. The average Bonchev–Trinajstić information content (AvgIpc) is 2.98. The summed E-state index contributed by atoms with van der Waals surface area (Å²) < 4.78 is 30.4. The molecule has 0 radical (unpaired) electrons. The zero-order chi connectivity index (χ0) is 28.6. The van der Waals surface area contributed by atoms with Crippen LogP contribution in [0.4, 0.5) is 21.6 Å². The van der Waals surface area contributed by atoms with E-state index in [0.29, 0.717) is 64.4 Å². The van der Waals surface area contributed by atoms with E-state index >= 15 is 0 Å². The molecule has 1 fully saturated rings. The fourth-order valence-electron chi connectivity index (χ4n) is 4.27. The first-order valence-corrected chi connectivity index (χ1v) is 13.4. The minimum Gasteiger partial charge on any atom is -0.490 e. The van der Waals surface area contributed by atoms with Crippen molar-refractivity contribution in [3.63, 3.8) is 0 Å². The molecule has 5 rings (SSSR count). The third-order valence-corrected chi connectivity index (χ3v) is 6.75. The number of amides is 1. The van der Waals surface area contributed by atoms with E-state index in [9.17, 15) is 9.18 Å². The Hall–Kier alpha value is -4.25. The van der Waals surface area contributed by atoms with Crippen molar-refractivity contribution in [1.29, 1.82) is 0 Å². The Balaban J connectivity index is 1.33. The molecule has 41 heavy (non-hydrogen) atoms. The predicted molar refractivity (Wildman–Crippen MR) is 157 cm³/mol. The van der Waals surface area contributed by atoms with Crippen LogP contribution in [0.3, 0.4) is 0 Å². The molecule has 0 spiro atoms. The van der Waals surface area contributed by atoms with Gasteiger partial charge in [0.05, 0.1) is 29.4 Å². The molecule has 1 amide bonds. The van der Waals surface area contributed by atoms with Gasteiger partial charge in [-0.15, -0.1) is 0 Å². The van der Waals surface area contributed by atoms with Gasteiger partial charge in [0.1, 0.15) is 42.7 Å². The lowest BCUT2D eigenvalue weighted by Gasteiger charge is -2.26. The number of carbonyl (C=O) groups excluding carboxylic acids is 1. The first-order chi connectivity index (χ1) is 20.0. The zero-order valence-electron chi connectivity index (χ0n) is 22.2. The number of nitrogens with zero attached hydrogens (tertiary/aromatic N) is 3. The van der Waals surface area contributed by atoms with Crippen LogP contribution < -0.4 is 20.1 Å². The van der Waals surface area contributed by atoms with Gasteiger partial charge in [0.2, 0.25) is 5.91 Å². The number of fused-ring (bicyclic) bond motifs is 1. The molecule has 1 aromatic heterocycles. The maximum Gasteiger partial charge on any atom is 0.247 e. The van der Waals surface area contributed by atoms with Crippen LogP contribution in [0.2, 0.25) is 5.02 Å². The van der Waals surface area contributed by atoms with E-state index in [1.54, 1.807) is 36.4 Å². The second kappa shape index (κ2) is 13.4. The first-order valence-electron chi connectivity index (χ1n) is 13.1. The number of rotatable bonds is 11. The van der Waals surface area contributed by atoms with Gasteiger partial charge in [0.15, 0.2) is 0 Å². The second-order valence-corrected chi connectivity index (χ2v) is 9.68. The predicted octanol–water partition coefficient (Wildman–Crippen LogP) is 5.58. The maximum atomic E-state index is 13.2. The van der Waals surface area contributed by atoms with E-state index in [1.165, 1.54) is 24.5 Å². The number of morpholine rings is 1. The molecular formula is C30H29ClFN5O4. The Morgan fingerprint density at radius 3 is 2.63 bits per heavy atom. The molecule has 1 saturated heterocycles. The van der Waals surface area contributed by atoms with E-state index in [-0.39, 0.29) is 18.3 Å². The van der Waals surface area contributed by atoms with Crippen LogP contribution in [-0.2, 0) is 16.1 Å². The fourth-order valence-corrected chi connectivity index (χ4v) is 4.50. The molecule has 0 atom stereocenters. The van der Waals surface area contributed by atoms with Crippen LogP contribution in [0, 0.1) is 5.82 Å². The molecule has 2 heterocycles. The smallest absolute Gasteiger partial charge is 0.247 e. The molecule has 1 aliphatic heterocycles. The number of benzene rings is 3. The van der Waals surface area contributed by atoms with Gasteiger partial charge in [-0.2, -0.15) is 0 Å². The molecule has 0 bridgehead atoms. The van der Waals surface area contributed by atoms with Gasteiger partial charge < -0.3 is 24.8 Å². The Labute approximate surface area is 241 Å². The topological polar surface area (TPSA) is 97.8 Å². The van der Waals surface area contributed by atoms with Crippen LogP contribution in [-0.4, -0.2) is 60.2 Å². The SMILES string of the molecule is C=CC(=O)Nc1cc2c(Nc3ccc(OCc4ccc(F)cc4)c(Cl)c3)ncnc2cc1OCCN1CCOCC1. The van der Waals surface area contributed by atoms with Gasteiger partial charge in [-0.1, -0.05) is 30.3 Å². The number of aromatic nitrogens is 2. The van der Waals surface area contributed by atoms with Crippen molar-refractivity contribution in [3.8, 4) is 11.5 Å². The molecule has 1 aliphatic rings. The average molecular weight is 578 g/mol. The molecule has 9 nitrogen and oxygen atoms in total. The van der Waals surface area contributed by atoms with Crippen molar-refractivity contribution in [2.45, 2.75) is 6.61 Å². The van der Waals surface area contributed by atoms with Crippen LogP contribution in [0.15, 0.2) is 73.6 Å². The maximum absolute atomic E-state index is 13.2. The molecule has 3 aromatic carbocycles. The normalized spacial score (nSPS) is 13.5. The van der Waals surface area contributed by atoms with Gasteiger partial charge in [-0.05, 0) is 48.0 Å². The number of nitrogens with one attached hydrogen (secondary N) is 2. The summed E-state index contributed by atoms with van der Waals surface area (Å²) in [7, 11) is 0. The zero-order valence-corrected chi connectivity index (χ0v) is 23.0. The summed E-state index contributed by atoms with van der Waals surface area (Å²) in [5.74, 6) is 0.831. The minimum atomic E-state index is -0.364. The molecule has 0 unspecified atom stereocenters. The number of hydrogen-bond donors (Lipinski definition) is 2. The molecule has 11 heteroatoms. The van der Waals surface area contributed by atoms with Gasteiger partial charge in [0.25, 0.3) is 0 Å². The lowest BCUT2D eigenvalue weighted by Crippen LogP contribution is -2.38. The third-order valence-electron chi connectivity index (χ3n) is 6.45. The van der Waals surface area contributed by atoms with Crippen molar-refractivity contribution in [2.24, 2.45) is 0 Å². The summed E-state index contributed by atoms with van der Waals surface area (Å²) in [5.41, 5.74) is 2.60. The van der Waals surface area contributed by atoms with Crippen molar-refractivity contribution >= 4 is 45.6 Å². The van der Waals surface area contributed by atoms with Crippen molar-refractivity contribution < 1.29 is 23.4 Å². The highest BCUT2D eigenvalue weighted by Gasteiger charge is 2.15. The minimum absolute atomic E-state index is 0.249. The Morgan fingerprint density at radius 2 is 1.88 bits per heavy atom. The molecule has 0 saturated carbocycles. The molecule has 0 aliphatic carbocycles. The largest absolute Gasteiger partial charge is 0.490 e. The van der Waals surface area contributed by atoms with E-state index in [2.05, 4.69) is 32.1 Å². The summed E-state index contributed by atoms with van der Waals surface area (Å²) in [6, 6.07) is 14.9. The molecule has 212 valence electrons. The highest BCUT2D eigenvalue weighted by Crippen LogP contribution is 2.35. The fraction of sp³-hybridized carbons (Fsp3) is 0.233. The van der Waals surface area contributed by atoms with Crippen LogP contribution in [0.25, 0.3) is 10.9 Å². The number of carbonyl (C=O) groups is 1. The third kappa shape index (κ3) is 7.49. The van der Waals surface area contributed by atoms with Gasteiger partial charge in [-0.3, -0.25) is 9.69 Å². The van der Waals surface area contributed by atoms with Crippen molar-refractivity contribution in [2.75, 3.05) is 50.1 Å². The van der Waals surface area contributed by atoms with Crippen molar-refractivity contribution in [1.82, 2.24) is 14.9 Å². The van der Waals surface area contributed by atoms with Crippen LogP contribution >= 0.6 is 11.6 Å². The first kappa shape index (κ1) is 28.3. The van der Waals surface area contributed by atoms with Gasteiger partial charge in [-0.25, -0.2) is 14.4 Å².